The fourth-order valence-electron chi connectivity index (χ4n) is 4.44. The third-order valence-corrected chi connectivity index (χ3v) is 5.96. The second kappa shape index (κ2) is 8.30. The molecule has 1 aromatic heterocycles. The van der Waals surface area contributed by atoms with Crippen LogP contribution < -0.4 is 15.1 Å². The number of carbonyl (C=O) groups is 1. The number of hydrogen-bond donors (Lipinski definition) is 0. The molecule has 3 aromatic carbocycles. The van der Waals surface area contributed by atoms with E-state index in [1.54, 1.807) is 42.5 Å². The molecule has 1 atom stereocenters. The first-order chi connectivity index (χ1) is 16.7. The van der Waals surface area contributed by atoms with Crippen LogP contribution in [0.5, 0.6) is 5.75 Å². The summed E-state index contributed by atoms with van der Waals surface area (Å²) >= 11 is 0. The van der Waals surface area contributed by atoms with Gasteiger partial charge in [0, 0.05) is 5.69 Å². The predicted molar refractivity (Wildman–Crippen MR) is 125 cm³/mol. The largest absolute Gasteiger partial charge is 0.494 e. The highest BCUT2D eigenvalue weighted by Gasteiger charge is 2.44. The van der Waals surface area contributed by atoms with Crippen molar-refractivity contribution in [3.63, 3.8) is 0 Å². The van der Waals surface area contributed by atoms with Crippen molar-refractivity contribution in [1.82, 2.24) is 0 Å². The van der Waals surface area contributed by atoms with E-state index in [1.165, 1.54) is 17.0 Å². The molecular weight excluding hydrogens is 459 g/mol. The van der Waals surface area contributed by atoms with Gasteiger partial charge in [-0.25, -0.2) is 0 Å². The molecular formula is C27H20F3NO4. The SMILES string of the molecule is CCOc1cccc(C2c3c(oc4ccc(C)cc4c3=O)C(=O)N2c2cccc(C(F)(F)F)c2)c1. The molecule has 0 fully saturated rings. The number of benzene rings is 3. The average molecular weight is 479 g/mol. The molecule has 0 bridgehead atoms. The first-order valence-electron chi connectivity index (χ1n) is 11.0. The zero-order chi connectivity index (χ0) is 24.9. The Kier molecular flexibility index (Phi) is 5.39. The van der Waals surface area contributed by atoms with E-state index in [1.807, 2.05) is 13.8 Å². The van der Waals surface area contributed by atoms with Gasteiger partial charge in [-0.1, -0.05) is 29.8 Å². The van der Waals surface area contributed by atoms with E-state index >= 15 is 0 Å². The number of amides is 1. The molecule has 35 heavy (non-hydrogen) atoms. The minimum absolute atomic E-state index is 0.00248. The molecule has 0 saturated heterocycles. The van der Waals surface area contributed by atoms with Crippen LogP contribution in [0, 0.1) is 6.92 Å². The monoisotopic (exact) mass is 479 g/mol. The van der Waals surface area contributed by atoms with Gasteiger partial charge < -0.3 is 9.15 Å². The smallest absolute Gasteiger partial charge is 0.416 e. The van der Waals surface area contributed by atoms with Gasteiger partial charge in [-0.2, -0.15) is 13.2 Å². The number of anilines is 1. The molecule has 5 rings (SSSR count). The van der Waals surface area contributed by atoms with Crippen LogP contribution in [0.2, 0.25) is 0 Å². The Balaban J connectivity index is 1.79. The van der Waals surface area contributed by atoms with Crippen LogP contribution >= 0.6 is 0 Å². The van der Waals surface area contributed by atoms with E-state index in [0.717, 1.165) is 17.7 Å². The molecule has 0 radical (unpaired) electrons. The van der Waals surface area contributed by atoms with E-state index in [2.05, 4.69) is 0 Å². The van der Waals surface area contributed by atoms with E-state index in [9.17, 15) is 22.8 Å². The summed E-state index contributed by atoms with van der Waals surface area (Å²) in [5.74, 6) is -0.364. The Labute approximate surface area is 198 Å². The Bertz CT molecular complexity index is 1520. The van der Waals surface area contributed by atoms with Crippen molar-refractivity contribution < 1.29 is 27.1 Å². The summed E-state index contributed by atoms with van der Waals surface area (Å²) in [7, 11) is 0. The minimum atomic E-state index is -4.60. The third-order valence-electron chi connectivity index (χ3n) is 5.96. The number of hydrogen-bond acceptors (Lipinski definition) is 4. The Morgan fingerprint density at radius 1 is 1.00 bits per heavy atom. The summed E-state index contributed by atoms with van der Waals surface area (Å²) in [6, 6.07) is 15.3. The van der Waals surface area contributed by atoms with Gasteiger partial charge in [-0.15, -0.1) is 0 Å². The number of carbonyl (C=O) groups excluding carboxylic acids is 1. The number of fused-ring (bicyclic) bond motifs is 2. The molecule has 1 unspecified atom stereocenters. The average Bonchev–Trinajstić information content (AvgIpc) is 3.12. The lowest BCUT2D eigenvalue weighted by molar-refractivity contribution is -0.137. The topological polar surface area (TPSA) is 59.8 Å². The zero-order valence-electron chi connectivity index (χ0n) is 18.8. The molecule has 1 aliphatic rings. The number of alkyl halides is 3. The van der Waals surface area contributed by atoms with Gasteiger partial charge in [0.15, 0.2) is 5.43 Å². The fraction of sp³-hybridized carbons (Fsp3) is 0.185. The molecule has 1 amide bonds. The first kappa shape index (κ1) is 22.7. The molecule has 178 valence electrons. The highest BCUT2D eigenvalue weighted by molar-refractivity contribution is 6.10. The number of ether oxygens (including phenoxy) is 1. The van der Waals surface area contributed by atoms with Crippen molar-refractivity contribution in [2.45, 2.75) is 26.1 Å². The van der Waals surface area contributed by atoms with Gasteiger partial charge in [-0.05, 0) is 61.9 Å². The maximum absolute atomic E-state index is 13.7. The molecule has 8 heteroatoms. The normalized spacial score (nSPS) is 15.5. The lowest BCUT2D eigenvalue weighted by Gasteiger charge is -2.26. The van der Waals surface area contributed by atoms with Crippen LogP contribution in [0.3, 0.4) is 0 Å². The fourth-order valence-corrected chi connectivity index (χ4v) is 4.44. The first-order valence-corrected chi connectivity index (χ1v) is 11.0. The Morgan fingerprint density at radius 3 is 2.51 bits per heavy atom. The van der Waals surface area contributed by atoms with Crippen molar-refractivity contribution >= 4 is 22.6 Å². The van der Waals surface area contributed by atoms with Crippen LogP contribution in [-0.4, -0.2) is 12.5 Å². The molecule has 4 aromatic rings. The summed E-state index contributed by atoms with van der Waals surface area (Å²) in [6.45, 7) is 4.04. The van der Waals surface area contributed by atoms with E-state index in [4.69, 9.17) is 9.15 Å². The van der Waals surface area contributed by atoms with Gasteiger partial charge >= 0.3 is 6.18 Å². The second-order valence-corrected chi connectivity index (χ2v) is 8.30. The number of nitrogens with zero attached hydrogens (tertiary/aromatic N) is 1. The van der Waals surface area contributed by atoms with Gasteiger partial charge in [-0.3, -0.25) is 14.5 Å². The molecule has 5 nitrogen and oxygen atoms in total. The second-order valence-electron chi connectivity index (χ2n) is 8.30. The lowest BCUT2D eigenvalue weighted by Crippen LogP contribution is -2.29. The van der Waals surface area contributed by atoms with E-state index in [0.29, 0.717) is 23.3 Å². The van der Waals surface area contributed by atoms with E-state index < -0.39 is 29.1 Å². The van der Waals surface area contributed by atoms with Crippen LogP contribution in [0.15, 0.2) is 75.9 Å². The summed E-state index contributed by atoms with van der Waals surface area (Å²) < 4.78 is 51.9. The zero-order valence-corrected chi connectivity index (χ0v) is 18.8. The summed E-state index contributed by atoms with van der Waals surface area (Å²) in [5, 5.41) is 0.299. The maximum Gasteiger partial charge on any atom is 0.416 e. The molecule has 2 heterocycles. The number of halogens is 3. The lowest BCUT2D eigenvalue weighted by atomic mass is 9.97. The van der Waals surface area contributed by atoms with Crippen LogP contribution in [-0.2, 0) is 6.18 Å². The van der Waals surface area contributed by atoms with Gasteiger partial charge in [0.1, 0.15) is 11.3 Å². The standard InChI is InChI=1S/C27H20F3NO4/c1-3-34-19-9-4-6-16(13-19)23-22-24(32)20-12-15(2)10-11-21(20)35-25(22)26(33)31(23)18-8-5-7-17(14-18)27(28,29)30/h4-14,23H,3H2,1-2H3. The highest BCUT2D eigenvalue weighted by Crippen LogP contribution is 2.43. The predicted octanol–water partition coefficient (Wildman–Crippen LogP) is 6.27. The summed E-state index contributed by atoms with van der Waals surface area (Å²) in [4.78, 5) is 28.4. The third kappa shape index (κ3) is 3.84. The maximum atomic E-state index is 13.7. The van der Waals surface area contributed by atoms with Crippen LogP contribution in [0.4, 0.5) is 18.9 Å². The minimum Gasteiger partial charge on any atom is -0.494 e. The Hall–Kier alpha value is -4.07. The summed E-state index contributed by atoms with van der Waals surface area (Å²) in [6.07, 6.45) is -4.60. The van der Waals surface area contributed by atoms with Crippen LogP contribution in [0.25, 0.3) is 11.0 Å². The Morgan fingerprint density at radius 2 is 1.77 bits per heavy atom. The highest BCUT2D eigenvalue weighted by atomic mass is 19.4. The van der Waals surface area contributed by atoms with Crippen molar-refractivity contribution in [2.75, 3.05) is 11.5 Å². The number of rotatable bonds is 4. The van der Waals surface area contributed by atoms with Crippen molar-refractivity contribution in [3.05, 3.63) is 105 Å². The molecule has 0 spiro atoms. The quantitative estimate of drug-likeness (QED) is 0.346. The van der Waals surface area contributed by atoms with Gasteiger partial charge in [0.05, 0.1) is 29.2 Å². The van der Waals surface area contributed by atoms with Gasteiger partial charge in [0.2, 0.25) is 5.76 Å². The van der Waals surface area contributed by atoms with Crippen molar-refractivity contribution in [1.29, 1.82) is 0 Å². The van der Waals surface area contributed by atoms with Crippen molar-refractivity contribution in [2.24, 2.45) is 0 Å². The molecule has 0 N–H and O–H groups in total. The van der Waals surface area contributed by atoms with Gasteiger partial charge in [0.25, 0.3) is 5.91 Å². The number of aryl methyl sites for hydroxylation is 1. The van der Waals surface area contributed by atoms with Crippen molar-refractivity contribution in [3.8, 4) is 5.75 Å². The van der Waals surface area contributed by atoms with Crippen LogP contribution in [0.1, 0.15) is 45.8 Å². The van der Waals surface area contributed by atoms with E-state index in [-0.39, 0.29) is 22.6 Å². The molecule has 0 saturated carbocycles. The summed E-state index contributed by atoms with van der Waals surface area (Å²) in [5.41, 5.74) is 0.362. The molecule has 0 aliphatic carbocycles. The molecule has 1 aliphatic heterocycles.